The second kappa shape index (κ2) is 5.98. The Morgan fingerprint density at radius 1 is 1.28 bits per heavy atom. The molecule has 0 bridgehead atoms. The van der Waals surface area contributed by atoms with Gasteiger partial charge < -0.3 is 10.5 Å². The molecule has 1 aromatic heterocycles. The van der Waals surface area contributed by atoms with Crippen LogP contribution in [0.2, 0.25) is 0 Å². The first-order valence-corrected chi connectivity index (χ1v) is 6.56. The van der Waals surface area contributed by atoms with Gasteiger partial charge in [0.1, 0.15) is 11.5 Å². The van der Waals surface area contributed by atoms with Crippen LogP contribution >= 0.6 is 15.9 Å². The predicted octanol–water partition coefficient (Wildman–Crippen LogP) is 3.53. The van der Waals surface area contributed by atoms with Crippen LogP contribution in [0, 0.1) is 0 Å². The van der Waals surface area contributed by atoms with Crippen molar-refractivity contribution in [1.29, 1.82) is 0 Å². The van der Waals surface area contributed by atoms with Crippen LogP contribution in [0.1, 0.15) is 12.5 Å². The highest BCUT2D eigenvalue weighted by Gasteiger charge is 2.02. The number of ether oxygens (including phenoxy) is 1. The van der Waals surface area contributed by atoms with Crippen LogP contribution in [0.3, 0.4) is 0 Å². The van der Waals surface area contributed by atoms with Gasteiger partial charge in [-0.3, -0.25) is 4.98 Å². The molecule has 1 unspecified atom stereocenters. The third kappa shape index (κ3) is 3.82. The minimum absolute atomic E-state index is 0.146. The molecule has 0 aliphatic heterocycles. The number of aromatic nitrogens is 1. The Kier molecular flexibility index (Phi) is 4.33. The Morgan fingerprint density at radius 2 is 2.11 bits per heavy atom. The van der Waals surface area contributed by atoms with Gasteiger partial charge in [-0.1, -0.05) is 12.1 Å². The molecule has 0 radical (unpaired) electrons. The molecule has 1 atom stereocenters. The number of benzene rings is 1. The lowest BCUT2D eigenvalue weighted by Gasteiger charge is -2.09. The summed E-state index contributed by atoms with van der Waals surface area (Å²) in [4.78, 5) is 4.06. The second-order valence-corrected chi connectivity index (χ2v) is 5.19. The molecule has 0 amide bonds. The average molecular weight is 307 g/mol. The van der Waals surface area contributed by atoms with Crippen LogP contribution < -0.4 is 10.5 Å². The topological polar surface area (TPSA) is 48.1 Å². The lowest BCUT2D eigenvalue weighted by atomic mass is 10.1. The van der Waals surface area contributed by atoms with E-state index in [0.717, 1.165) is 16.6 Å². The first-order valence-electron chi connectivity index (χ1n) is 5.76. The van der Waals surface area contributed by atoms with Crippen molar-refractivity contribution in [2.24, 2.45) is 5.73 Å². The quantitative estimate of drug-likeness (QED) is 0.940. The molecule has 2 N–H and O–H groups in total. The molecule has 4 heteroatoms. The highest BCUT2D eigenvalue weighted by Crippen LogP contribution is 2.24. The summed E-state index contributed by atoms with van der Waals surface area (Å²) in [5.41, 5.74) is 6.96. The van der Waals surface area contributed by atoms with E-state index < -0.39 is 0 Å². The molecule has 0 fully saturated rings. The van der Waals surface area contributed by atoms with E-state index in [0.29, 0.717) is 5.75 Å². The monoisotopic (exact) mass is 306 g/mol. The maximum absolute atomic E-state index is 5.79. The molecule has 0 spiro atoms. The van der Waals surface area contributed by atoms with Crippen molar-refractivity contribution >= 4 is 15.9 Å². The van der Waals surface area contributed by atoms with Gasteiger partial charge in [0.05, 0.1) is 6.20 Å². The smallest absolute Gasteiger partial charge is 0.146 e. The number of rotatable bonds is 4. The van der Waals surface area contributed by atoms with E-state index in [1.165, 1.54) is 5.56 Å². The third-order valence-electron chi connectivity index (χ3n) is 2.37. The van der Waals surface area contributed by atoms with Crippen LogP contribution in [0.25, 0.3) is 0 Å². The Bertz CT molecular complexity index is 529. The standard InChI is InChI=1S/C14H15BrN2O/c1-10(16)5-11-3-2-4-13(6-11)18-14-7-12(15)8-17-9-14/h2-4,6-10H,5,16H2,1H3. The van der Waals surface area contributed by atoms with E-state index in [4.69, 9.17) is 10.5 Å². The summed E-state index contributed by atoms with van der Waals surface area (Å²) < 4.78 is 6.64. The normalized spacial score (nSPS) is 12.2. The Balaban J connectivity index is 2.14. The molecule has 0 aliphatic rings. The molecule has 1 aromatic carbocycles. The summed E-state index contributed by atoms with van der Waals surface area (Å²) in [5.74, 6) is 1.51. The zero-order valence-electron chi connectivity index (χ0n) is 10.1. The summed E-state index contributed by atoms with van der Waals surface area (Å²) in [7, 11) is 0. The number of nitrogens with two attached hydrogens (primary N) is 1. The summed E-state index contributed by atoms with van der Waals surface area (Å²) in [6.07, 6.45) is 4.25. The van der Waals surface area contributed by atoms with Crippen molar-refractivity contribution in [2.45, 2.75) is 19.4 Å². The molecule has 18 heavy (non-hydrogen) atoms. The number of hydrogen-bond donors (Lipinski definition) is 1. The summed E-state index contributed by atoms with van der Waals surface area (Å²) in [5, 5.41) is 0. The van der Waals surface area contributed by atoms with E-state index in [9.17, 15) is 0 Å². The van der Waals surface area contributed by atoms with Crippen LogP contribution in [0.15, 0.2) is 47.2 Å². The van der Waals surface area contributed by atoms with Gasteiger partial charge in [0.15, 0.2) is 0 Å². The van der Waals surface area contributed by atoms with E-state index in [-0.39, 0.29) is 6.04 Å². The molecule has 1 heterocycles. The van der Waals surface area contributed by atoms with Gasteiger partial charge in [-0.2, -0.15) is 0 Å². The van der Waals surface area contributed by atoms with Crippen LogP contribution in [-0.4, -0.2) is 11.0 Å². The van der Waals surface area contributed by atoms with Crippen molar-refractivity contribution in [2.75, 3.05) is 0 Å². The van der Waals surface area contributed by atoms with Gasteiger partial charge >= 0.3 is 0 Å². The second-order valence-electron chi connectivity index (χ2n) is 4.27. The zero-order chi connectivity index (χ0) is 13.0. The third-order valence-corrected chi connectivity index (χ3v) is 2.81. The first kappa shape index (κ1) is 13.1. The van der Waals surface area contributed by atoms with Gasteiger partial charge in [-0.05, 0) is 53.0 Å². The average Bonchev–Trinajstić information content (AvgIpc) is 2.28. The molecule has 0 saturated carbocycles. The Hall–Kier alpha value is -1.39. The van der Waals surface area contributed by atoms with Gasteiger partial charge in [0, 0.05) is 16.7 Å². The molecular formula is C14H15BrN2O. The van der Waals surface area contributed by atoms with E-state index in [1.54, 1.807) is 12.4 Å². The zero-order valence-corrected chi connectivity index (χ0v) is 11.7. The molecular weight excluding hydrogens is 292 g/mol. The van der Waals surface area contributed by atoms with E-state index in [1.807, 2.05) is 31.2 Å². The summed E-state index contributed by atoms with van der Waals surface area (Å²) in [6.45, 7) is 1.99. The number of pyridine rings is 1. The lowest BCUT2D eigenvalue weighted by molar-refractivity contribution is 0.479. The minimum Gasteiger partial charge on any atom is -0.456 e. The molecule has 0 saturated heterocycles. The van der Waals surface area contributed by atoms with Gasteiger partial charge in [-0.15, -0.1) is 0 Å². The van der Waals surface area contributed by atoms with Crippen molar-refractivity contribution < 1.29 is 4.74 Å². The van der Waals surface area contributed by atoms with Gasteiger partial charge in [0.25, 0.3) is 0 Å². The molecule has 94 valence electrons. The largest absolute Gasteiger partial charge is 0.456 e. The highest BCUT2D eigenvalue weighted by atomic mass is 79.9. The number of hydrogen-bond acceptors (Lipinski definition) is 3. The molecule has 0 aliphatic carbocycles. The molecule has 2 aromatic rings. The summed E-state index contributed by atoms with van der Waals surface area (Å²) >= 11 is 3.36. The maximum atomic E-state index is 5.79. The Morgan fingerprint density at radius 3 is 2.83 bits per heavy atom. The first-order chi connectivity index (χ1) is 8.63. The van der Waals surface area contributed by atoms with Gasteiger partial charge in [0.2, 0.25) is 0 Å². The fraction of sp³-hybridized carbons (Fsp3) is 0.214. The number of nitrogens with zero attached hydrogens (tertiary/aromatic N) is 1. The van der Waals surface area contributed by atoms with Crippen molar-refractivity contribution in [3.63, 3.8) is 0 Å². The maximum Gasteiger partial charge on any atom is 0.146 e. The Labute approximate surface area is 115 Å². The summed E-state index contributed by atoms with van der Waals surface area (Å²) in [6, 6.07) is 9.97. The van der Waals surface area contributed by atoms with Crippen LogP contribution in [-0.2, 0) is 6.42 Å². The molecule has 2 rings (SSSR count). The minimum atomic E-state index is 0.146. The SMILES string of the molecule is CC(N)Cc1cccc(Oc2cncc(Br)c2)c1. The fourth-order valence-electron chi connectivity index (χ4n) is 1.69. The highest BCUT2D eigenvalue weighted by molar-refractivity contribution is 9.10. The molecule has 3 nitrogen and oxygen atoms in total. The van der Waals surface area contributed by atoms with Crippen molar-refractivity contribution in [3.8, 4) is 11.5 Å². The number of halogens is 1. The van der Waals surface area contributed by atoms with Crippen molar-refractivity contribution in [3.05, 3.63) is 52.8 Å². The fourth-order valence-corrected chi connectivity index (χ4v) is 2.04. The van der Waals surface area contributed by atoms with Gasteiger partial charge in [-0.25, -0.2) is 0 Å². The van der Waals surface area contributed by atoms with E-state index >= 15 is 0 Å². The van der Waals surface area contributed by atoms with Crippen LogP contribution in [0.4, 0.5) is 0 Å². The predicted molar refractivity (Wildman–Crippen MR) is 75.8 cm³/mol. The lowest BCUT2D eigenvalue weighted by Crippen LogP contribution is -2.17. The van der Waals surface area contributed by atoms with E-state index in [2.05, 4.69) is 27.0 Å². The van der Waals surface area contributed by atoms with Crippen molar-refractivity contribution in [1.82, 2.24) is 4.98 Å². The van der Waals surface area contributed by atoms with Crippen LogP contribution in [0.5, 0.6) is 11.5 Å².